The molecule has 0 aromatic rings. The Kier molecular flexibility index (Phi) is 6.01. The first-order valence-corrected chi connectivity index (χ1v) is 8.68. The van der Waals surface area contributed by atoms with Gasteiger partial charge in [0.25, 0.3) is 0 Å². The number of halogens is 1. The first-order valence-electron chi connectivity index (χ1n) is 8.24. The molecule has 0 spiro atoms. The molecule has 0 radical (unpaired) electrons. The van der Waals surface area contributed by atoms with E-state index in [0.29, 0.717) is 11.3 Å². The Bertz CT molecular complexity index is 329. The molecule has 0 aromatic carbocycles. The van der Waals surface area contributed by atoms with Crippen LogP contribution >= 0.6 is 11.6 Å². The lowest BCUT2D eigenvalue weighted by Crippen LogP contribution is -2.14. The first kappa shape index (κ1) is 15.2. The number of rotatable bonds is 6. The average molecular weight is 281 g/mol. The van der Waals surface area contributed by atoms with Crippen molar-refractivity contribution in [3.05, 3.63) is 23.8 Å². The lowest BCUT2D eigenvalue weighted by Gasteiger charge is -2.23. The topological polar surface area (TPSA) is 0 Å². The van der Waals surface area contributed by atoms with E-state index in [1.165, 1.54) is 51.4 Å². The molecule has 0 nitrogen and oxygen atoms in total. The van der Waals surface area contributed by atoms with Crippen LogP contribution in [0.15, 0.2) is 23.8 Å². The minimum Gasteiger partial charge on any atom is -0.123 e. The molecule has 4 unspecified atom stereocenters. The average Bonchev–Trinajstić information content (AvgIpc) is 2.76. The van der Waals surface area contributed by atoms with Crippen LogP contribution in [0.3, 0.4) is 0 Å². The van der Waals surface area contributed by atoms with E-state index >= 15 is 0 Å². The second kappa shape index (κ2) is 7.53. The van der Waals surface area contributed by atoms with Crippen molar-refractivity contribution < 1.29 is 0 Å². The first-order chi connectivity index (χ1) is 9.22. The quantitative estimate of drug-likeness (QED) is 0.406. The molecule has 0 heterocycles. The fourth-order valence-corrected chi connectivity index (χ4v) is 3.89. The van der Waals surface area contributed by atoms with Gasteiger partial charge in [0.05, 0.1) is 0 Å². The number of allylic oxidation sites excluding steroid dienone is 4. The van der Waals surface area contributed by atoms with Gasteiger partial charge in [-0.05, 0) is 49.0 Å². The van der Waals surface area contributed by atoms with Gasteiger partial charge in [-0.3, -0.25) is 0 Å². The van der Waals surface area contributed by atoms with Gasteiger partial charge in [0.15, 0.2) is 0 Å². The Morgan fingerprint density at radius 2 is 2.05 bits per heavy atom. The molecule has 0 saturated heterocycles. The van der Waals surface area contributed by atoms with Gasteiger partial charge in [-0.15, -0.1) is 11.6 Å². The zero-order valence-corrected chi connectivity index (χ0v) is 13.3. The summed E-state index contributed by atoms with van der Waals surface area (Å²) in [4.78, 5) is 0. The molecular weight excluding hydrogens is 252 g/mol. The lowest BCUT2D eigenvalue weighted by molar-refractivity contribution is 0.478. The summed E-state index contributed by atoms with van der Waals surface area (Å²) >= 11 is 6.35. The smallest absolute Gasteiger partial charge is 0.0367 e. The van der Waals surface area contributed by atoms with Crippen LogP contribution in [0.25, 0.3) is 0 Å². The van der Waals surface area contributed by atoms with Crippen molar-refractivity contribution in [1.29, 1.82) is 0 Å². The van der Waals surface area contributed by atoms with E-state index in [0.717, 1.165) is 11.8 Å². The molecule has 0 aromatic heterocycles. The van der Waals surface area contributed by atoms with Crippen LogP contribution in [0, 0.1) is 17.8 Å². The molecule has 2 rings (SSSR count). The van der Waals surface area contributed by atoms with E-state index in [2.05, 4.69) is 32.1 Å². The molecule has 2 aliphatic carbocycles. The molecule has 19 heavy (non-hydrogen) atoms. The van der Waals surface area contributed by atoms with E-state index in [1.807, 2.05) is 0 Å². The SMILES string of the molecule is CCCCCCC1C=CC(C2CCC(Cl)C2C)=CC1. The fraction of sp³-hybridized carbons (Fsp3) is 0.778. The fourth-order valence-electron chi connectivity index (χ4n) is 3.59. The Hall–Kier alpha value is -0.230. The van der Waals surface area contributed by atoms with Crippen LogP contribution in [-0.4, -0.2) is 5.38 Å². The molecular formula is C18H29Cl. The van der Waals surface area contributed by atoms with Gasteiger partial charge >= 0.3 is 0 Å². The number of hydrogen-bond acceptors (Lipinski definition) is 0. The van der Waals surface area contributed by atoms with Crippen LogP contribution in [0.5, 0.6) is 0 Å². The van der Waals surface area contributed by atoms with E-state index < -0.39 is 0 Å². The maximum absolute atomic E-state index is 6.35. The van der Waals surface area contributed by atoms with E-state index in [1.54, 1.807) is 5.57 Å². The summed E-state index contributed by atoms with van der Waals surface area (Å²) in [5, 5.41) is 0.395. The number of unbranched alkanes of at least 4 members (excludes halogenated alkanes) is 3. The van der Waals surface area contributed by atoms with Gasteiger partial charge in [0, 0.05) is 5.38 Å². The number of alkyl halides is 1. The van der Waals surface area contributed by atoms with E-state index in [4.69, 9.17) is 11.6 Å². The van der Waals surface area contributed by atoms with Gasteiger partial charge in [0.2, 0.25) is 0 Å². The molecule has 108 valence electrons. The highest BCUT2D eigenvalue weighted by Crippen LogP contribution is 2.41. The van der Waals surface area contributed by atoms with Crippen molar-refractivity contribution in [1.82, 2.24) is 0 Å². The van der Waals surface area contributed by atoms with Gasteiger partial charge in [0.1, 0.15) is 0 Å². The third-order valence-corrected chi connectivity index (χ3v) is 5.65. The van der Waals surface area contributed by atoms with E-state index in [-0.39, 0.29) is 0 Å². The van der Waals surface area contributed by atoms with Crippen LogP contribution in [0.1, 0.15) is 65.2 Å². The normalized spacial score (nSPS) is 34.6. The predicted molar refractivity (Wildman–Crippen MR) is 85.6 cm³/mol. The zero-order valence-electron chi connectivity index (χ0n) is 12.6. The van der Waals surface area contributed by atoms with Crippen molar-refractivity contribution in [3.63, 3.8) is 0 Å². The van der Waals surface area contributed by atoms with Gasteiger partial charge in [-0.1, -0.05) is 57.8 Å². The Balaban J connectivity index is 1.76. The molecule has 0 bridgehead atoms. The maximum Gasteiger partial charge on any atom is 0.0367 e. The summed E-state index contributed by atoms with van der Waals surface area (Å²) in [6, 6.07) is 0. The third kappa shape index (κ3) is 4.12. The summed E-state index contributed by atoms with van der Waals surface area (Å²) in [7, 11) is 0. The molecule has 0 aliphatic heterocycles. The second-order valence-electron chi connectivity index (χ2n) is 6.47. The molecule has 0 amide bonds. The standard InChI is InChI=1S/C18H29Cl/c1-3-4-5-6-7-15-8-10-16(11-9-15)17-12-13-18(19)14(17)2/h8,10-11,14-15,17-18H,3-7,9,12-13H2,1-2H3. The molecule has 1 heteroatoms. The Labute approximate surface area is 124 Å². The Morgan fingerprint density at radius 1 is 1.21 bits per heavy atom. The van der Waals surface area contributed by atoms with Gasteiger partial charge in [-0.2, -0.15) is 0 Å². The highest BCUT2D eigenvalue weighted by molar-refractivity contribution is 6.21. The van der Waals surface area contributed by atoms with Crippen LogP contribution in [0.2, 0.25) is 0 Å². The second-order valence-corrected chi connectivity index (χ2v) is 7.03. The lowest BCUT2D eigenvalue weighted by atomic mass is 9.83. The molecule has 2 aliphatic rings. The molecule has 1 fully saturated rings. The van der Waals surface area contributed by atoms with Crippen molar-refractivity contribution >= 4 is 11.6 Å². The van der Waals surface area contributed by atoms with Crippen molar-refractivity contribution in [2.45, 2.75) is 70.6 Å². The summed E-state index contributed by atoms with van der Waals surface area (Å²) in [6.07, 6.45) is 18.0. The largest absolute Gasteiger partial charge is 0.123 e. The summed E-state index contributed by atoms with van der Waals surface area (Å²) in [5.74, 6) is 2.17. The molecule has 0 N–H and O–H groups in total. The molecule has 4 atom stereocenters. The minimum absolute atomic E-state index is 0.395. The number of hydrogen-bond donors (Lipinski definition) is 0. The van der Waals surface area contributed by atoms with Crippen LogP contribution in [-0.2, 0) is 0 Å². The van der Waals surface area contributed by atoms with Gasteiger partial charge < -0.3 is 0 Å². The van der Waals surface area contributed by atoms with Gasteiger partial charge in [-0.25, -0.2) is 0 Å². The zero-order chi connectivity index (χ0) is 13.7. The predicted octanol–water partition coefficient (Wildman–Crippen LogP) is 6.11. The highest BCUT2D eigenvalue weighted by atomic mass is 35.5. The van der Waals surface area contributed by atoms with Crippen molar-refractivity contribution in [3.8, 4) is 0 Å². The van der Waals surface area contributed by atoms with Crippen molar-refractivity contribution in [2.24, 2.45) is 17.8 Å². The van der Waals surface area contributed by atoms with Crippen molar-refractivity contribution in [2.75, 3.05) is 0 Å². The summed E-state index contributed by atoms with van der Waals surface area (Å²) < 4.78 is 0. The highest BCUT2D eigenvalue weighted by Gasteiger charge is 2.33. The minimum atomic E-state index is 0.395. The van der Waals surface area contributed by atoms with Crippen LogP contribution < -0.4 is 0 Å². The maximum atomic E-state index is 6.35. The summed E-state index contributed by atoms with van der Waals surface area (Å²) in [5.41, 5.74) is 1.57. The third-order valence-electron chi connectivity index (χ3n) is 5.03. The summed E-state index contributed by atoms with van der Waals surface area (Å²) in [6.45, 7) is 4.60. The van der Waals surface area contributed by atoms with Crippen LogP contribution in [0.4, 0.5) is 0 Å². The van der Waals surface area contributed by atoms with E-state index in [9.17, 15) is 0 Å². The monoisotopic (exact) mass is 280 g/mol. The molecule has 1 saturated carbocycles. The Morgan fingerprint density at radius 3 is 2.63 bits per heavy atom.